The van der Waals surface area contributed by atoms with Gasteiger partial charge in [0.15, 0.2) is 5.82 Å². The zero-order valence-electron chi connectivity index (χ0n) is 19.3. The van der Waals surface area contributed by atoms with Crippen LogP contribution in [0.15, 0.2) is 49.1 Å². The molecule has 0 bridgehead atoms. The minimum Gasteiger partial charge on any atom is -0.496 e. The van der Waals surface area contributed by atoms with Gasteiger partial charge >= 0.3 is 0 Å². The van der Waals surface area contributed by atoms with Crippen molar-refractivity contribution in [2.45, 2.75) is 25.3 Å². The topological polar surface area (TPSA) is 81.0 Å². The molecule has 5 rings (SSSR count). The third-order valence-electron chi connectivity index (χ3n) is 6.28. The van der Waals surface area contributed by atoms with Crippen LogP contribution in [0.1, 0.15) is 24.2 Å². The predicted octanol–water partition coefficient (Wildman–Crippen LogP) is 3.53. The van der Waals surface area contributed by atoms with Crippen LogP contribution in [-0.4, -0.2) is 62.9 Å². The van der Waals surface area contributed by atoms with Gasteiger partial charge in [-0.3, -0.25) is 4.68 Å². The summed E-state index contributed by atoms with van der Waals surface area (Å²) < 4.78 is 7.49. The fourth-order valence-electron chi connectivity index (χ4n) is 4.34. The number of hydrogen-bond donors (Lipinski definition) is 1. The Balaban J connectivity index is 1.41. The third-order valence-corrected chi connectivity index (χ3v) is 6.28. The van der Waals surface area contributed by atoms with Gasteiger partial charge in [0.2, 0.25) is 0 Å². The van der Waals surface area contributed by atoms with E-state index in [9.17, 15) is 0 Å². The molecule has 8 heteroatoms. The van der Waals surface area contributed by atoms with Crippen molar-refractivity contribution < 1.29 is 4.74 Å². The maximum atomic E-state index is 5.70. The van der Waals surface area contributed by atoms with E-state index in [1.807, 2.05) is 44.0 Å². The van der Waals surface area contributed by atoms with Gasteiger partial charge in [-0.1, -0.05) is 12.1 Å². The highest BCUT2D eigenvalue weighted by Gasteiger charge is 2.18. The summed E-state index contributed by atoms with van der Waals surface area (Å²) in [7, 11) is 5.78. The Morgan fingerprint density at radius 1 is 1.06 bits per heavy atom. The lowest BCUT2D eigenvalue weighted by Crippen LogP contribution is -2.36. The van der Waals surface area contributed by atoms with Gasteiger partial charge in [-0.05, 0) is 50.7 Å². The number of aromatic nitrogens is 5. The number of rotatable bonds is 6. The quantitative estimate of drug-likeness (QED) is 0.488. The van der Waals surface area contributed by atoms with E-state index in [4.69, 9.17) is 9.72 Å². The van der Waals surface area contributed by atoms with E-state index in [0.29, 0.717) is 12.5 Å². The summed E-state index contributed by atoms with van der Waals surface area (Å²) in [6, 6.07) is 8.59. The normalized spacial score (nSPS) is 15.1. The van der Waals surface area contributed by atoms with Crippen molar-refractivity contribution in [3.05, 3.63) is 60.4 Å². The predicted molar refractivity (Wildman–Crippen MR) is 129 cm³/mol. The number of nitrogens with one attached hydrogen (secondary N) is 1. The molecule has 3 aromatic heterocycles. The average Bonchev–Trinajstić information content (AvgIpc) is 3.27. The summed E-state index contributed by atoms with van der Waals surface area (Å²) in [6.07, 6.45) is 10.3. The van der Waals surface area contributed by atoms with E-state index < -0.39 is 0 Å². The lowest BCUT2D eigenvalue weighted by atomic mass is 10.0. The summed E-state index contributed by atoms with van der Waals surface area (Å²) in [5.74, 6) is 2.40. The Kier molecular flexibility index (Phi) is 5.92. The van der Waals surface area contributed by atoms with E-state index in [-0.39, 0.29) is 0 Å². The number of ether oxygens (including phenoxy) is 1. The molecular formula is C25H29N7O. The molecule has 1 aliphatic heterocycles. The highest BCUT2D eigenvalue weighted by atomic mass is 16.5. The molecule has 0 aliphatic carbocycles. The molecular weight excluding hydrogens is 414 g/mol. The Hall–Kier alpha value is -3.52. The zero-order chi connectivity index (χ0) is 22.8. The van der Waals surface area contributed by atoms with Crippen LogP contribution in [0.25, 0.3) is 22.0 Å². The van der Waals surface area contributed by atoms with Gasteiger partial charge in [0.05, 0.1) is 13.3 Å². The van der Waals surface area contributed by atoms with E-state index >= 15 is 0 Å². The van der Waals surface area contributed by atoms with Crippen LogP contribution < -0.4 is 10.1 Å². The molecule has 0 atom stereocenters. The van der Waals surface area contributed by atoms with Crippen LogP contribution >= 0.6 is 0 Å². The summed E-state index contributed by atoms with van der Waals surface area (Å²) in [6.45, 7) is 2.19. The highest BCUT2D eigenvalue weighted by Crippen LogP contribution is 2.29. The molecule has 1 aromatic carbocycles. The minimum atomic E-state index is 0.415. The second kappa shape index (κ2) is 9.15. The van der Waals surface area contributed by atoms with Gasteiger partial charge in [-0.15, -0.1) is 0 Å². The molecule has 4 aromatic rings. The van der Waals surface area contributed by atoms with Gasteiger partial charge in [-0.2, -0.15) is 5.10 Å². The second-order valence-corrected chi connectivity index (χ2v) is 8.71. The fraction of sp³-hybridized carbons (Fsp3) is 0.360. The van der Waals surface area contributed by atoms with E-state index in [2.05, 4.69) is 44.5 Å². The zero-order valence-corrected chi connectivity index (χ0v) is 19.3. The number of piperidine rings is 1. The molecule has 1 aliphatic rings. The van der Waals surface area contributed by atoms with Crippen molar-refractivity contribution in [2.24, 2.45) is 7.05 Å². The van der Waals surface area contributed by atoms with Crippen LogP contribution in [0.3, 0.4) is 0 Å². The Labute approximate surface area is 193 Å². The van der Waals surface area contributed by atoms with Crippen LogP contribution in [-0.2, 0) is 13.5 Å². The number of nitrogens with zero attached hydrogens (tertiary/aromatic N) is 6. The molecule has 0 amide bonds. The monoisotopic (exact) mass is 443 g/mol. The van der Waals surface area contributed by atoms with Gasteiger partial charge in [0.25, 0.3) is 0 Å². The number of anilines is 1. The molecule has 1 fully saturated rings. The summed E-state index contributed by atoms with van der Waals surface area (Å²) >= 11 is 0. The van der Waals surface area contributed by atoms with E-state index in [1.54, 1.807) is 11.8 Å². The minimum absolute atomic E-state index is 0.415. The first-order chi connectivity index (χ1) is 16.1. The third kappa shape index (κ3) is 4.66. The molecule has 0 unspecified atom stereocenters. The molecule has 8 nitrogen and oxygen atoms in total. The standard InChI is InChI=1S/C25H29N7O/c1-31-10-7-21(8-11-31)29-25-24-19(6-9-26-25)14-27-23(30-24)13-18-5-4-17(12-22(18)33-3)20-15-28-32(2)16-20/h4-6,9,12,14-16,21H,7-8,10-11,13H2,1-3H3,(H,26,29). The number of benzene rings is 1. The van der Waals surface area contributed by atoms with Crippen molar-refractivity contribution in [3.63, 3.8) is 0 Å². The highest BCUT2D eigenvalue weighted by molar-refractivity contribution is 5.87. The Morgan fingerprint density at radius 2 is 1.91 bits per heavy atom. The summed E-state index contributed by atoms with van der Waals surface area (Å²) in [5, 5.41) is 8.88. The largest absolute Gasteiger partial charge is 0.496 e. The van der Waals surface area contributed by atoms with Crippen LogP contribution in [0.2, 0.25) is 0 Å². The second-order valence-electron chi connectivity index (χ2n) is 8.71. The molecule has 170 valence electrons. The maximum Gasteiger partial charge on any atom is 0.152 e. The van der Waals surface area contributed by atoms with Gasteiger partial charge < -0.3 is 15.0 Å². The first-order valence-electron chi connectivity index (χ1n) is 11.3. The number of fused-ring (bicyclic) bond motifs is 1. The van der Waals surface area contributed by atoms with E-state index in [1.165, 1.54) is 0 Å². The van der Waals surface area contributed by atoms with Crippen LogP contribution in [0, 0.1) is 0 Å². The number of aryl methyl sites for hydroxylation is 1. The smallest absolute Gasteiger partial charge is 0.152 e. The first kappa shape index (κ1) is 21.3. The van der Waals surface area contributed by atoms with Crippen molar-refractivity contribution in [3.8, 4) is 16.9 Å². The van der Waals surface area contributed by atoms with Gasteiger partial charge in [-0.25, -0.2) is 15.0 Å². The van der Waals surface area contributed by atoms with E-state index in [0.717, 1.165) is 70.9 Å². The van der Waals surface area contributed by atoms with Crippen LogP contribution in [0.4, 0.5) is 5.82 Å². The number of likely N-dealkylation sites (tertiary alicyclic amines) is 1. The molecule has 0 radical (unpaired) electrons. The fourth-order valence-corrected chi connectivity index (χ4v) is 4.34. The molecule has 0 spiro atoms. The molecule has 1 saturated heterocycles. The number of pyridine rings is 1. The Morgan fingerprint density at radius 3 is 2.67 bits per heavy atom. The molecule has 1 N–H and O–H groups in total. The summed E-state index contributed by atoms with van der Waals surface area (Å²) in [5.41, 5.74) is 4.03. The van der Waals surface area contributed by atoms with Gasteiger partial charge in [0.1, 0.15) is 17.1 Å². The number of methoxy groups -OCH3 is 1. The average molecular weight is 444 g/mol. The summed E-state index contributed by atoms with van der Waals surface area (Å²) in [4.78, 5) is 16.5. The Bertz CT molecular complexity index is 1260. The van der Waals surface area contributed by atoms with Crippen molar-refractivity contribution in [1.82, 2.24) is 29.6 Å². The van der Waals surface area contributed by atoms with Crippen molar-refractivity contribution >= 4 is 16.7 Å². The molecule has 0 saturated carbocycles. The molecule has 4 heterocycles. The van der Waals surface area contributed by atoms with Crippen LogP contribution in [0.5, 0.6) is 5.75 Å². The molecule has 33 heavy (non-hydrogen) atoms. The SMILES string of the molecule is COc1cc(-c2cnn(C)c2)ccc1Cc1ncc2ccnc(NC3CCN(C)CC3)c2n1. The number of hydrogen-bond acceptors (Lipinski definition) is 7. The van der Waals surface area contributed by atoms with Gasteiger partial charge in [0, 0.05) is 54.6 Å². The lowest BCUT2D eigenvalue weighted by Gasteiger charge is -2.29. The maximum absolute atomic E-state index is 5.70. The first-order valence-corrected chi connectivity index (χ1v) is 11.3. The lowest BCUT2D eigenvalue weighted by molar-refractivity contribution is 0.263. The van der Waals surface area contributed by atoms with Crippen molar-refractivity contribution in [2.75, 3.05) is 32.6 Å². The van der Waals surface area contributed by atoms with Crippen molar-refractivity contribution in [1.29, 1.82) is 0 Å².